The van der Waals surface area contributed by atoms with Gasteiger partial charge in [-0.15, -0.1) is 0 Å². The van der Waals surface area contributed by atoms with Crippen LogP contribution in [0.5, 0.6) is 0 Å². The number of hydrogen-bond acceptors (Lipinski definition) is 7. The van der Waals surface area contributed by atoms with Gasteiger partial charge in [0.1, 0.15) is 0 Å². The first-order chi connectivity index (χ1) is 32.9. The van der Waals surface area contributed by atoms with Gasteiger partial charge in [0.15, 0.2) is 0 Å². The summed E-state index contributed by atoms with van der Waals surface area (Å²) in [7, 11) is 1.49. The number of carbonyl (C=O) groups is 7. The molecule has 1 aromatic carbocycles. The van der Waals surface area contributed by atoms with Crippen LogP contribution >= 0.6 is 0 Å². The zero-order valence-electron chi connectivity index (χ0n) is 42.3. The van der Waals surface area contributed by atoms with Crippen LogP contribution in [-0.4, -0.2) is 125 Å². The number of amides is 14. The average molecular weight is 1030 g/mol. The summed E-state index contributed by atoms with van der Waals surface area (Å²) in [5.41, 5.74) is -3.95. The Balaban J connectivity index is 2.62. The van der Waals surface area contributed by atoms with Crippen molar-refractivity contribution in [2.24, 2.45) is 23.7 Å². The van der Waals surface area contributed by atoms with E-state index in [1.165, 1.54) is 7.05 Å². The monoisotopic (exact) mass is 1030 g/mol. The molecule has 71 heavy (non-hydrogen) atoms. The molecule has 14 N–H and O–H groups in total. The Morgan fingerprint density at radius 1 is 0.423 bits per heavy atom. The van der Waals surface area contributed by atoms with E-state index in [1.54, 1.807) is 27.7 Å². The van der Waals surface area contributed by atoms with Crippen LogP contribution in [0.2, 0.25) is 0 Å². The Hall–Kier alpha value is -6.31. The van der Waals surface area contributed by atoms with Crippen LogP contribution in [0, 0.1) is 23.7 Å². The second-order valence-electron chi connectivity index (χ2n) is 18.8. The lowest BCUT2D eigenvalue weighted by molar-refractivity contribution is -0.143. The fourth-order valence-electron chi connectivity index (χ4n) is 6.56. The van der Waals surface area contributed by atoms with Crippen LogP contribution in [0.25, 0.3) is 0 Å². The molecule has 0 aliphatic carbocycles. The quantitative estimate of drug-likeness (QED) is 0.0600. The summed E-state index contributed by atoms with van der Waals surface area (Å²) in [6, 6.07) is -6.82. The van der Waals surface area contributed by atoms with Crippen molar-refractivity contribution < 1.29 is 59.9 Å². The van der Waals surface area contributed by atoms with E-state index < -0.39 is 95.6 Å². The molecule has 21 nitrogen and oxygen atoms in total. The zero-order chi connectivity index (χ0) is 54.2. The first-order valence-electron chi connectivity index (χ1n) is 23.4. The molecule has 1 rings (SSSR count). The molecule has 0 spiro atoms. The third kappa shape index (κ3) is 27.6. The average Bonchev–Trinajstić information content (AvgIpc) is 3.24. The topological polar surface area (TPSA) is 288 Å². The Morgan fingerprint density at radius 3 is 1.10 bits per heavy atom. The number of hydrogen-bond donors (Lipinski definition) is 14. The highest BCUT2D eigenvalue weighted by molar-refractivity contribution is 5.90. The first-order valence-corrected chi connectivity index (χ1v) is 23.4. The molecule has 14 amide bonds. The van der Waals surface area contributed by atoms with E-state index >= 15 is 0 Å². The Kier molecular flexibility index (Phi) is 26.9. The van der Waals surface area contributed by atoms with Crippen LogP contribution in [0.1, 0.15) is 93.2 Å². The fourth-order valence-corrected chi connectivity index (χ4v) is 6.56. The van der Waals surface area contributed by atoms with Gasteiger partial charge in [0, 0.05) is 76.2 Å². The Morgan fingerprint density at radius 2 is 0.746 bits per heavy atom. The van der Waals surface area contributed by atoms with Crippen LogP contribution < -0.4 is 74.4 Å². The standard InChI is InChI=1S/C44H76F6N14O7/c1-23(2)12-32(19-54-36(65)51-11)61-39(68)52-17-27(9)58-37(66)56-21-34(25(5)6)63-41(70)55-20-33(13-24(3)4)62-40(69)53-18-28(10)59-38(67)57-22-35(26(7)8)64-42(71)60-31-15-29(43(45,46)47)14-30(16-31)44(48,49)50/h14-16,23-28,32-35H,12-13,17-22H2,1-11H3,(H2,51,54,65)(H2,52,61,68)(H2,53,62,69)(H2,55,63,70)(H2,56,58,66)(H2,57,59,67)(H2,60,64,71)/t27-,28-,32?,33-,34+,35+/m0/s1. The van der Waals surface area contributed by atoms with Gasteiger partial charge in [-0.2, -0.15) is 26.3 Å². The van der Waals surface area contributed by atoms with Gasteiger partial charge >= 0.3 is 54.6 Å². The van der Waals surface area contributed by atoms with Gasteiger partial charge in [0.05, 0.1) is 23.2 Å². The van der Waals surface area contributed by atoms with Crippen LogP contribution in [0.15, 0.2) is 18.2 Å². The number of carbonyl (C=O) groups excluding carboxylic acids is 7. The molecule has 0 heterocycles. The number of anilines is 1. The lowest BCUT2D eigenvalue weighted by Crippen LogP contribution is -2.55. The van der Waals surface area contributed by atoms with Crippen LogP contribution in [0.3, 0.4) is 0 Å². The van der Waals surface area contributed by atoms with Crippen molar-refractivity contribution in [1.29, 1.82) is 0 Å². The molecule has 0 aliphatic heterocycles. The lowest BCUT2D eigenvalue weighted by atomic mass is 10.0. The molecule has 0 aliphatic rings. The third-order valence-electron chi connectivity index (χ3n) is 10.4. The van der Waals surface area contributed by atoms with Gasteiger partial charge in [-0.05, 0) is 68.6 Å². The number of benzene rings is 1. The molecule has 27 heteroatoms. The fraction of sp³-hybridized carbons (Fsp3) is 0.705. The summed E-state index contributed by atoms with van der Waals surface area (Å²) in [6.07, 6.45) is -9.11. The van der Waals surface area contributed by atoms with Crippen molar-refractivity contribution in [3.63, 3.8) is 0 Å². The molecule has 0 aromatic heterocycles. The molecule has 406 valence electrons. The molecule has 0 fully saturated rings. The van der Waals surface area contributed by atoms with Crippen molar-refractivity contribution in [3.05, 3.63) is 29.3 Å². The maximum Gasteiger partial charge on any atom is 0.416 e. The largest absolute Gasteiger partial charge is 0.416 e. The minimum atomic E-state index is -5.11. The summed E-state index contributed by atoms with van der Waals surface area (Å²) in [4.78, 5) is 88.1. The van der Waals surface area contributed by atoms with Crippen molar-refractivity contribution in [2.45, 2.75) is 131 Å². The smallest absolute Gasteiger partial charge is 0.341 e. The predicted molar refractivity (Wildman–Crippen MR) is 256 cm³/mol. The summed E-state index contributed by atoms with van der Waals surface area (Å²) in [6.45, 7) is 18.4. The van der Waals surface area contributed by atoms with E-state index in [2.05, 4.69) is 69.1 Å². The molecule has 0 saturated carbocycles. The Labute approximate surface area is 411 Å². The Bertz CT molecular complexity index is 1840. The molecular formula is C44H76F6N14O7. The first kappa shape index (κ1) is 62.7. The summed E-state index contributed by atoms with van der Waals surface area (Å²) in [5, 5.41) is 36.8. The second kappa shape index (κ2) is 30.4. The van der Waals surface area contributed by atoms with Crippen LogP contribution in [-0.2, 0) is 12.4 Å². The summed E-state index contributed by atoms with van der Waals surface area (Å²) >= 11 is 0. The number of urea groups is 7. The third-order valence-corrected chi connectivity index (χ3v) is 10.4. The van der Waals surface area contributed by atoms with Gasteiger partial charge in [-0.3, -0.25) is 0 Å². The van der Waals surface area contributed by atoms with Gasteiger partial charge in [0.25, 0.3) is 0 Å². The maximum absolute atomic E-state index is 13.3. The van der Waals surface area contributed by atoms with E-state index in [-0.39, 0.29) is 81.1 Å². The van der Waals surface area contributed by atoms with Crippen LogP contribution in [0.4, 0.5) is 65.6 Å². The normalized spacial score (nSPS) is 14.2. The highest BCUT2D eigenvalue weighted by atomic mass is 19.4. The molecule has 0 bridgehead atoms. The number of halogens is 6. The lowest BCUT2D eigenvalue weighted by Gasteiger charge is -2.26. The molecule has 1 unspecified atom stereocenters. The minimum Gasteiger partial charge on any atom is -0.341 e. The second-order valence-corrected chi connectivity index (χ2v) is 18.8. The molecule has 0 saturated heterocycles. The number of alkyl halides is 6. The maximum atomic E-state index is 13.3. The minimum absolute atomic E-state index is 0.0354. The number of nitrogens with one attached hydrogen (secondary N) is 14. The van der Waals surface area contributed by atoms with E-state index in [4.69, 9.17) is 0 Å². The van der Waals surface area contributed by atoms with Gasteiger partial charge in [0.2, 0.25) is 0 Å². The van der Waals surface area contributed by atoms with E-state index in [1.807, 2.05) is 46.9 Å². The highest BCUT2D eigenvalue weighted by Crippen LogP contribution is 2.37. The van der Waals surface area contributed by atoms with E-state index in [0.717, 1.165) is 0 Å². The summed E-state index contributed by atoms with van der Waals surface area (Å²) in [5.74, 6) is -0.0783. The van der Waals surface area contributed by atoms with Crippen molar-refractivity contribution in [1.82, 2.24) is 69.1 Å². The van der Waals surface area contributed by atoms with Crippen molar-refractivity contribution in [3.8, 4) is 0 Å². The SMILES string of the molecule is CNC(=O)NCC(CC(C)C)NC(=O)NC[C@H](C)NC(=O)NC[C@@H](NC(=O)NC[C@H](CC(C)C)NC(=O)NC[C@H](C)NC(=O)NC[C@@H](NC(=O)Nc1cc(C(F)(F)F)cc(C(F)(F)F)c1)C(C)C)C(C)C. The summed E-state index contributed by atoms with van der Waals surface area (Å²) < 4.78 is 79.6. The molecule has 1 aromatic rings. The van der Waals surface area contributed by atoms with Crippen molar-refractivity contribution in [2.75, 3.05) is 51.6 Å². The highest BCUT2D eigenvalue weighted by Gasteiger charge is 2.37. The number of rotatable bonds is 25. The van der Waals surface area contributed by atoms with Gasteiger partial charge < -0.3 is 74.4 Å². The molecule has 6 atom stereocenters. The molecule has 0 radical (unpaired) electrons. The van der Waals surface area contributed by atoms with E-state index in [0.29, 0.717) is 25.0 Å². The van der Waals surface area contributed by atoms with Gasteiger partial charge in [-0.25, -0.2) is 33.6 Å². The zero-order valence-corrected chi connectivity index (χ0v) is 42.3. The predicted octanol–water partition coefficient (Wildman–Crippen LogP) is 4.93. The van der Waals surface area contributed by atoms with E-state index in [9.17, 15) is 59.9 Å². The molecular weight excluding hydrogens is 951 g/mol. The van der Waals surface area contributed by atoms with Gasteiger partial charge in [-0.1, -0.05) is 55.4 Å². The van der Waals surface area contributed by atoms with Crippen molar-refractivity contribution >= 4 is 47.9 Å².